The van der Waals surface area contributed by atoms with Crippen LogP contribution in [-0.4, -0.2) is 13.4 Å². The van der Waals surface area contributed by atoms with Crippen LogP contribution in [0.15, 0.2) is 28.6 Å². The first-order chi connectivity index (χ1) is 9.85. The number of anilines is 1. The minimum atomic E-state index is -3.62. The first-order valence-corrected chi connectivity index (χ1v) is 9.00. The Morgan fingerprint density at radius 2 is 2.10 bits per heavy atom. The quantitative estimate of drug-likeness (QED) is 0.828. The summed E-state index contributed by atoms with van der Waals surface area (Å²) in [4.78, 5) is 4.37. The van der Waals surface area contributed by atoms with Crippen LogP contribution < -0.4 is 10.5 Å². The third-order valence-electron chi connectivity index (χ3n) is 3.45. The number of aryl methyl sites for hydroxylation is 1. The fourth-order valence-electron chi connectivity index (χ4n) is 1.98. The van der Waals surface area contributed by atoms with Crippen LogP contribution in [0.2, 0.25) is 0 Å². The third kappa shape index (κ3) is 3.42. The van der Waals surface area contributed by atoms with E-state index in [4.69, 9.17) is 5.73 Å². The molecule has 0 saturated carbocycles. The van der Waals surface area contributed by atoms with Gasteiger partial charge in [-0.25, -0.2) is 18.1 Å². The van der Waals surface area contributed by atoms with Crippen molar-refractivity contribution in [2.24, 2.45) is 0 Å². The van der Waals surface area contributed by atoms with Gasteiger partial charge in [0.15, 0.2) is 0 Å². The number of benzene rings is 1. The molecule has 1 aromatic heterocycles. The van der Waals surface area contributed by atoms with Gasteiger partial charge in [0.1, 0.15) is 5.01 Å². The second-order valence-electron chi connectivity index (χ2n) is 4.91. The molecular weight excluding hydrogens is 306 g/mol. The van der Waals surface area contributed by atoms with Gasteiger partial charge in [-0.05, 0) is 43.5 Å². The molecule has 0 bridgehead atoms. The Labute approximate surface area is 129 Å². The van der Waals surface area contributed by atoms with Gasteiger partial charge in [0.05, 0.1) is 10.9 Å². The van der Waals surface area contributed by atoms with Gasteiger partial charge in [0.25, 0.3) is 0 Å². The van der Waals surface area contributed by atoms with E-state index in [0.29, 0.717) is 12.1 Å². The van der Waals surface area contributed by atoms with Crippen molar-refractivity contribution in [2.75, 3.05) is 5.73 Å². The molecule has 0 radical (unpaired) electrons. The van der Waals surface area contributed by atoms with E-state index in [0.717, 1.165) is 16.1 Å². The zero-order chi connectivity index (χ0) is 15.6. The Morgan fingerprint density at radius 3 is 2.62 bits per heavy atom. The molecule has 1 aromatic carbocycles. The topological polar surface area (TPSA) is 85.1 Å². The van der Waals surface area contributed by atoms with E-state index >= 15 is 0 Å². The fraction of sp³-hybridized carbons (Fsp3) is 0.357. The minimum absolute atomic E-state index is 0.193. The van der Waals surface area contributed by atoms with Crippen molar-refractivity contribution in [3.63, 3.8) is 0 Å². The fourth-order valence-corrected chi connectivity index (χ4v) is 4.23. The number of nitrogens with zero attached hydrogens (tertiary/aromatic N) is 1. The van der Waals surface area contributed by atoms with Crippen LogP contribution in [0.5, 0.6) is 0 Å². The molecule has 7 heteroatoms. The van der Waals surface area contributed by atoms with E-state index in [-0.39, 0.29) is 10.9 Å². The number of hydrogen-bond acceptors (Lipinski definition) is 5. The van der Waals surface area contributed by atoms with Crippen molar-refractivity contribution in [1.29, 1.82) is 0 Å². The van der Waals surface area contributed by atoms with Gasteiger partial charge in [-0.2, -0.15) is 0 Å². The Kier molecular flexibility index (Phi) is 4.65. The molecule has 0 aliphatic carbocycles. The van der Waals surface area contributed by atoms with Gasteiger partial charge >= 0.3 is 0 Å². The van der Waals surface area contributed by atoms with Crippen LogP contribution in [0.1, 0.15) is 35.5 Å². The number of nitrogens with one attached hydrogen (secondary N) is 1. The summed E-state index contributed by atoms with van der Waals surface area (Å²) in [5.41, 5.74) is 8.12. The van der Waals surface area contributed by atoms with Gasteiger partial charge in [0.2, 0.25) is 10.0 Å². The Hall–Kier alpha value is -1.44. The highest BCUT2D eigenvalue weighted by atomic mass is 32.2. The predicted octanol–water partition coefficient (Wildman–Crippen LogP) is 2.77. The van der Waals surface area contributed by atoms with Crippen LogP contribution in [0.25, 0.3) is 0 Å². The molecule has 1 atom stereocenters. The van der Waals surface area contributed by atoms with Crippen LogP contribution >= 0.6 is 11.3 Å². The largest absolute Gasteiger partial charge is 0.398 e. The van der Waals surface area contributed by atoms with E-state index in [1.54, 1.807) is 12.3 Å². The highest BCUT2D eigenvalue weighted by molar-refractivity contribution is 7.89. The molecule has 3 N–H and O–H groups in total. The van der Waals surface area contributed by atoms with Crippen molar-refractivity contribution >= 4 is 27.0 Å². The standard InChI is InChI=1S/C14H19N3O2S2/c1-4-13(14-16-5-6-20-14)17-21(18,19)11-7-9(2)10(3)12(15)8-11/h5-8,13,17H,4,15H2,1-3H3. The van der Waals surface area contributed by atoms with Crippen molar-refractivity contribution in [2.45, 2.75) is 38.1 Å². The summed E-state index contributed by atoms with van der Waals surface area (Å²) in [6.45, 7) is 5.64. The molecule has 0 aliphatic rings. The zero-order valence-electron chi connectivity index (χ0n) is 12.3. The van der Waals surface area contributed by atoms with Crippen LogP contribution in [0, 0.1) is 13.8 Å². The number of thiazole rings is 1. The molecule has 1 unspecified atom stereocenters. The Balaban J connectivity index is 2.34. The second-order valence-corrected chi connectivity index (χ2v) is 7.55. The lowest BCUT2D eigenvalue weighted by atomic mass is 10.1. The number of nitrogens with two attached hydrogens (primary N) is 1. The van der Waals surface area contributed by atoms with Crippen molar-refractivity contribution in [3.05, 3.63) is 39.8 Å². The summed E-state index contributed by atoms with van der Waals surface area (Å²) in [6.07, 6.45) is 2.30. The zero-order valence-corrected chi connectivity index (χ0v) is 13.9. The average molecular weight is 325 g/mol. The first-order valence-electron chi connectivity index (χ1n) is 6.63. The summed E-state index contributed by atoms with van der Waals surface area (Å²) in [7, 11) is -3.62. The molecule has 0 saturated heterocycles. The predicted molar refractivity (Wildman–Crippen MR) is 85.8 cm³/mol. The Bertz CT molecular complexity index is 702. The first kappa shape index (κ1) is 15.9. The molecule has 0 amide bonds. The molecule has 21 heavy (non-hydrogen) atoms. The van der Waals surface area contributed by atoms with Crippen molar-refractivity contribution < 1.29 is 8.42 Å². The van der Waals surface area contributed by atoms with Gasteiger partial charge < -0.3 is 5.73 Å². The molecule has 0 spiro atoms. The number of hydrogen-bond donors (Lipinski definition) is 2. The van der Waals surface area contributed by atoms with E-state index in [1.165, 1.54) is 17.4 Å². The summed E-state index contributed by atoms with van der Waals surface area (Å²) in [5.74, 6) is 0. The van der Waals surface area contributed by atoms with Crippen LogP contribution in [-0.2, 0) is 10.0 Å². The molecule has 114 valence electrons. The van der Waals surface area contributed by atoms with E-state index in [1.807, 2.05) is 26.2 Å². The molecule has 2 aromatic rings. The SMILES string of the molecule is CCC(NS(=O)(=O)c1cc(C)c(C)c(N)c1)c1nccs1. The maximum atomic E-state index is 12.5. The Morgan fingerprint density at radius 1 is 1.38 bits per heavy atom. The molecule has 5 nitrogen and oxygen atoms in total. The number of sulfonamides is 1. The summed E-state index contributed by atoms with van der Waals surface area (Å²) >= 11 is 1.44. The minimum Gasteiger partial charge on any atom is -0.398 e. The lowest BCUT2D eigenvalue weighted by Gasteiger charge is -2.16. The lowest BCUT2D eigenvalue weighted by Crippen LogP contribution is -2.28. The molecule has 0 aliphatic heterocycles. The van der Waals surface area contributed by atoms with Crippen LogP contribution in [0.3, 0.4) is 0 Å². The molecule has 2 rings (SSSR count). The van der Waals surface area contributed by atoms with Crippen molar-refractivity contribution in [3.8, 4) is 0 Å². The van der Waals surface area contributed by atoms with Crippen LogP contribution in [0.4, 0.5) is 5.69 Å². The van der Waals surface area contributed by atoms with Crippen molar-refractivity contribution in [1.82, 2.24) is 9.71 Å². The maximum absolute atomic E-state index is 12.5. The number of aromatic nitrogens is 1. The highest BCUT2D eigenvalue weighted by Gasteiger charge is 2.22. The van der Waals surface area contributed by atoms with Gasteiger partial charge in [-0.15, -0.1) is 11.3 Å². The number of rotatable bonds is 5. The van der Waals surface area contributed by atoms with Gasteiger partial charge in [0, 0.05) is 17.3 Å². The summed E-state index contributed by atoms with van der Waals surface area (Å²) < 4.78 is 27.7. The monoisotopic (exact) mass is 325 g/mol. The summed E-state index contributed by atoms with van der Waals surface area (Å²) in [5, 5.41) is 2.60. The molecule has 0 fully saturated rings. The average Bonchev–Trinajstić information content (AvgIpc) is 2.95. The van der Waals surface area contributed by atoms with Gasteiger partial charge in [-0.3, -0.25) is 0 Å². The smallest absolute Gasteiger partial charge is 0.241 e. The maximum Gasteiger partial charge on any atom is 0.241 e. The third-order valence-corrected chi connectivity index (χ3v) is 5.79. The van der Waals surface area contributed by atoms with E-state index < -0.39 is 10.0 Å². The summed E-state index contributed by atoms with van der Waals surface area (Å²) in [6, 6.07) is 2.82. The lowest BCUT2D eigenvalue weighted by molar-refractivity contribution is 0.549. The normalized spacial score (nSPS) is 13.3. The number of nitrogen functional groups attached to an aromatic ring is 1. The van der Waals surface area contributed by atoms with Gasteiger partial charge in [-0.1, -0.05) is 6.92 Å². The molecule has 1 heterocycles. The molecular formula is C14H19N3O2S2. The second kappa shape index (κ2) is 6.13. The van der Waals surface area contributed by atoms with E-state index in [2.05, 4.69) is 9.71 Å². The van der Waals surface area contributed by atoms with E-state index in [9.17, 15) is 8.42 Å². The highest BCUT2D eigenvalue weighted by Crippen LogP contribution is 2.25.